The number of nitrogens with one attached hydrogen (secondary N) is 1. The minimum absolute atomic E-state index is 0.0560. The Bertz CT molecular complexity index is 1100. The fraction of sp³-hybridized carbons (Fsp3) is 0.346. The van der Waals surface area contributed by atoms with Crippen LogP contribution in [0.3, 0.4) is 0 Å². The number of alkyl carbamates (subject to hydrolysis) is 1. The molecule has 5 rings (SSSR count). The van der Waals surface area contributed by atoms with E-state index in [1.54, 1.807) is 6.08 Å². The van der Waals surface area contributed by atoms with Gasteiger partial charge in [-0.1, -0.05) is 54.6 Å². The Morgan fingerprint density at radius 3 is 2.15 bits per heavy atom. The number of fused-ring (bicyclic) bond motifs is 3. The fourth-order valence-electron chi connectivity index (χ4n) is 5.11. The number of carboxylic acid groups (broad SMARTS) is 1. The first-order valence-electron chi connectivity index (χ1n) is 11.2. The molecule has 1 aliphatic heterocycles. The summed E-state index contributed by atoms with van der Waals surface area (Å²) in [5.41, 5.74) is 2.58. The van der Waals surface area contributed by atoms with Crippen molar-refractivity contribution in [1.82, 2.24) is 10.2 Å². The van der Waals surface area contributed by atoms with Crippen LogP contribution in [0.5, 0.6) is 0 Å². The molecule has 7 heteroatoms. The molecule has 0 atom stereocenters. The van der Waals surface area contributed by atoms with Gasteiger partial charge in [-0.2, -0.15) is 0 Å². The first kappa shape index (κ1) is 21.2. The number of rotatable bonds is 7. The van der Waals surface area contributed by atoms with Gasteiger partial charge >= 0.3 is 12.1 Å². The summed E-state index contributed by atoms with van der Waals surface area (Å²) in [7, 11) is 0. The number of carboxylic acids is 1. The van der Waals surface area contributed by atoms with Crippen LogP contribution in [-0.2, 0) is 14.3 Å². The molecule has 3 aliphatic rings. The van der Waals surface area contributed by atoms with E-state index >= 15 is 0 Å². The Kier molecular flexibility index (Phi) is 5.00. The van der Waals surface area contributed by atoms with Crippen molar-refractivity contribution < 1.29 is 24.2 Å². The van der Waals surface area contributed by atoms with Gasteiger partial charge in [0.2, 0.25) is 5.91 Å². The predicted molar refractivity (Wildman–Crippen MR) is 122 cm³/mol. The maximum Gasteiger partial charge on any atom is 0.408 e. The maximum atomic E-state index is 13.0. The Morgan fingerprint density at radius 1 is 1.06 bits per heavy atom. The second-order valence-electron chi connectivity index (χ2n) is 9.27. The molecule has 0 unspecified atom stereocenters. The quantitative estimate of drug-likeness (QED) is 0.634. The summed E-state index contributed by atoms with van der Waals surface area (Å²) in [5.74, 6) is -1.22. The normalized spacial score (nSPS) is 19.0. The molecule has 1 saturated heterocycles. The van der Waals surface area contributed by atoms with Crippen molar-refractivity contribution in [2.45, 2.75) is 30.7 Å². The van der Waals surface area contributed by atoms with Crippen LogP contribution in [-0.4, -0.2) is 53.2 Å². The first-order valence-corrected chi connectivity index (χ1v) is 11.2. The molecule has 33 heavy (non-hydrogen) atoms. The van der Waals surface area contributed by atoms with Crippen LogP contribution in [0.2, 0.25) is 0 Å². The van der Waals surface area contributed by atoms with Crippen LogP contribution >= 0.6 is 0 Å². The third-order valence-corrected chi connectivity index (χ3v) is 7.11. The molecular weight excluding hydrogens is 420 g/mol. The van der Waals surface area contributed by atoms with E-state index < -0.39 is 23.0 Å². The van der Waals surface area contributed by atoms with Crippen LogP contribution in [0.15, 0.2) is 61.2 Å². The molecule has 0 spiro atoms. The molecule has 0 radical (unpaired) electrons. The lowest BCUT2D eigenvalue weighted by molar-refractivity contribution is -0.167. The second-order valence-corrected chi connectivity index (χ2v) is 9.27. The van der Waals surface area contributed by atoms with Crippen molar-refractivity contribution >= 4 is 18.0 Å². The second kappa shape index (κ2) is 7.76. The number of allylic oxidation sites excluding steroid dienone is 1. The molecule has 0 bridgehead atoms. The van der Waals surface area contributed by atoms with E-state index in [0.717, 1.165) is 22.3 Å². The molecule has 0 aromatic heterocycles. The summed E-state index contributed by atoms with van der Waals surface area (Å²) in [5, 5.41) is 12.3. The standard InChI is InChI=1S/C26H26N2O5/c1-2-11-25(23(30)31)15-28(16-25)22(29)26(12-13-26)27-24(32)33-14-21-19-9-5-3-7-17(19)18-8-4-6-10-20(18)21/h2-10,21H,1,11-16H2,(H,27,32)(H,30,31). The van der Waals surface area contributed by atoms with Gasteiger partial charge in [-0.3, -0.25) is 9.59 Å². The zero-order valence-corrected chi connectivity index (χ0v) is 18.3. The minimum atomic E-state index is -0.985. The van der Waals surface area contributed by atoms with Crippen LogP contribution in [0, 0.1) is 5.41 Å². The largest absolute Gasteiger partial charge is 0.481 e. The van der Waals surface area contributed by atoms with E-state index in [1.165, 1.54) is 4.90 Å². The van der Waals surface area contributed by atoms with Crippen LogP contribution in [0.25, 0.3) is 11.1 Å². The Labute approximate surface area is 192 Å². The predicted octanol–water partition coefficient (Wildman–Crippen LogP) is 3.55. The number of aliphatic carboxylic acids is 1. The number of hydrogen-bond acceptors (Lipinski definition) is 4. The van der Waals surface area contributed by atoms with Crippen molar-refractivity contribution in [3.63, 3.8) is 0 Å². The monoisotopic (exact) mass is 446 g/mol. The summed E-state index contributed by atoms with van der Waals surface area (Å²) in [6.07, 6.45) is 2.29. The highest BCUT2D eigenvalue weighted by Gasteiger charge is 2.59. The number of hydrogen-bond donors (Lipinski definition) is 2. The minimum Gasteiger partial charge on any atom is -0.481 e. The molecule has 2 aromatic carbocycles. The zero-order chi connectivity index (χ0) is 23.2. The molecular formula is C26H26N2O5. The fourth-order valence-corrected chi connectivity index (χ4v) is 5.11. The lowest BCUT2D eigenvalue weighted by Gasteiger charge is -2.48. The van der Waals surface area contributed by atoms with Crippen LogP contribution in [0.1, 0.15) is 36.3 Å². The van der Waals surface area contributed by atoms with E-state index in [2.05, 4.69) is 36.2 Å². The molecule has 2 N–H and O–H groups in total. The molecule has 1 saturated carbocycles. The van der Waals surface area contributed by atoms with E-state index in [1.807, 2.05) is 24.3 Å². The van der Waals surface area contributed by atoms with Gasteiger partial charge in [0.15, 0.2) is 0 Å². The summed E-state index contributed by atoms with van der Waals surface area (Å²) in [6, 6.07) is 16.2. The number of amides is 2. The van der Waals surface area contributed by atoms with Gasteiger partial charge in [0.1, 0.15) is 17.6 Å². The van der Waals surface area contributed by atoms with Crippen molar-refractivity contribution in [2.24, 2.45) is 5.41 Å². The topological polar surface area (TPSA) is 95.9 Å². The molecule has 2 fully saturated rings. The van der Waals surface area contributed by atoms with Gasteiger partial charge < -0.3 is 20.1 Å². The zero-order valence-electron chi connectivity index (χ0n) is 18.3. The highest BCUT2D eigenvalue weighted by atomic mass is 16.5. The molecule has 2 aromatic rings. The van der Waals surface area contributed by atoms with Gasteiger partial charge in [0, 0.05) is 19.0 Å². The summed E-state index contributed by atoms with van der Waals surface area (Å²) < 4.78 is 5.59. The maximum absolute atomic E-state index is 13.0. The lowest BCUT2D eigenvalue weighted by Crippen LogP contribution is -2.65. The van der Waals surface area contributed by atoms with Crippen molar-refractivity contribution in [1.29, 1.82) is 0 Å². The van der Waals surface area contributed by atoms with E-state index in [0.29, 0.717) is 19.3 Å². The van der Waals surface area contributed by atoms with Gasteiger partial charge in [0.25, 0.3) is 0 Å². The molecule has 1 heterocycles. The van der Waals surface area contributed by atoms with Crippen LogP contribution in [0.4, 0.5) is 4.79 Å². The highest BCUT2D eigenvalue weighted by molar-refractivity contribution is 5.95. The number of likely N-dealkylation sites (tertiary alicyclic amines) is 1. The molecule has 170 valence electrons. The summed E-state index contributed by atoms with van der Waals surface area (Å²) >= 11 is 0. The van der Waals surface area contributed by atoms with Crippen molar-refractivity contribution in [3.05, 3.63) is 72.3 Å². The Hall–Kier alpha value is -3.61. The van der Waals surface area contributed by atoms with E-state index in [9.17, 15) is 19.5 Å². The SMILES string of the molecule is C=CCC1(C(=O)O)CN(C(=O)C2(NC(=O)OCC3c4ccccc4-c4ccccc43)CC2)C1. The van der Waals surface area contributed by atoms with E-state index in [4.69, 9.17) is 4.74 Å². The van der Waals surface area contributed by atoms with Gasteiger partial charge in [0.05, 0.1) is 0 Å². The molecule has 2 amide bonds. The lowest BCUT2D eigenvalue weighted by atomic mass is 9.76. The summed E-state index contributed by atoms with van der Waals surface area (Å²) in [4.78, 5) is 38.7. The van der Waals surface area contributed by atoms with E-state index in [-0.39, 0.29) is 31.5 Å². The number of benzene rings is 2. The number of carbonyl (C=O) groups excluding carboxylic acids is 2. The van der Waals surface area contributed by atoms with Crippen molar-refractivity contribution in [3.8, 4) is 11.1 Å². The average molecular weight is 447 g/mol. The summed E-state index contributed by atoms with van der Waals surface area (Å²) in [6.45, 7) is 4.05. The van der Waals surface area contributed by atoms with Crippen LogP contribution < -0.4 is 5.32 Å². The number of ether oxygens (including phenoxy) is 1. The van der Waals surface area contributed by atoms with Gasteiger partial charge in [-0.05, 0) is 41.5 Å². The first-order chi connectivity index (χ1) is 15.9. The van der Waals surface area contributed by atoms with Gasteiger partial charge in [-0.25, -0.2) is 4.79 Å². The van der Waals surface area contributed by atoms with Crippen molar-refractivity contribution in [2.75, 3.05) is 19.7 Å². The average Bonchev–Trinajstić information content (AvgIpc) is 3.49. The third kappa shape index (κ3) is 3.48. The number of carbonyl (C=O) groups is 3. The smallest absolute Gasteiger partial charge is 0.408 e. The highest BCUT2D eigenvalue weighted by Crippen LogP contribution is 2.45. The molecule has 2 aliphatic carbocycles. The Balaban J connectivity index is 1.21. The Morgan fingerprint density at radius 2 is 1.64 bits per heavy atom. The third-order valence-electron chi connectivity index (χ3n) is 7.11. The number of nitrogens with zero attached hydrogens (tertiary/aromatic N) is 1. The van der Waals surface area contributed by atoms with Gasteiger partial charge in [-0.15, -0.1) is 6.58 Å². The molecule has 7 nitrogen and oxygen atoms in total.